The quantitative estimate of drug-likeness (QED) is 0.638. The Morgan fingerprint density at radius 1 is 1.18 bits per heavy atom. The minimum atomic E-state index is -0.641. The second-order valence-corrected chi connectivity index (χ2v) is 9.24. The molecule has 1 aromatic heterocycles. The van der Waals surface area contributed by atoms with Crippen LogP contribution in [0.2, 0.25) is 0 Å². The summed E-state index contributed by atoms with van der Waals surface area (Å²) >= 11 is 0. The van der Waals surface area contributed by atoms with Gasteiger partial charge in [0.1, 0.15) is 0 Å². The van der Waals surface area contributed by atoms with Crippen molar-refractivity contribution in [2.75, 3.05) is 19.6 Å². The second-order valence-electron chi connectivity index (χ2n) is 9.24. The van der Waals surface area contributed by atoms with Crippen molar-refractivity contribution < 1.29 is 9.59 Å². The van der Waals surface area contributed by atoms with Crippen LogP contribution in [-0.2, 0) is 16.0 Å². The SMILES string of the molecule is C=CCNC(=O)[C@]1(Cc2cccc(-c3ccncc3)c2)CCCN(C(=O)[C@@H]2CC=CCC2)C1. The van der Waals surface area contributed by atoms with E-state index in [1.807, 2.05) is 23.1 Å². The Labute approximate surface area is 196 Å². The number of nitrogens with one attached hydrogen (secondary N) is 1. The van der Waals surface area contributed by atoms with Gasteiger partial charge >= 0.3 is 0 Å². The summed E-state index contributed by atoms with van der Waals surface area (Å²) in [6.07, 6.45) is 14.4. The van der Waals surface area contributed by atoms with E-state index in [4.69, 9.17) is 0 Å². The van der Waals surface area contributed by atoms with Gasteiger partial charge in [-0.15, -0.1) is 6.58 Å². The van der Waals surface area contributed by atoms with Crippen LogP contribution in [0.3, 0.4) is 0 Å². The van der Waals surface area contributed by atoms with Gasteiger partial charge < -0.3 is 10.2 Å². The monoisotopic (exact) mass is 443 g/mol. The maximum Gasteiger partial charge on any atom is 0.228 e. The van der Waals surface area contributed by atoms with Gasteiger partial charge in [-0.1, -0.05) is 42.5 Å². The molecular formula is C28H33N3O2. The number of hydrogen-bond donors (Lipinski definition) is 1. The summed E-state index contributed by atoms with van der Waals surface area (Å²) in [5.74, 6) is 0.250. The van der Waals surface area contributed by atoms with Crippen LogP contribution in [0.1, 0.15) is 37.7 Å². The molecule has 0 unspecified atom stereocenters. The number of rotatable bonds is 7. The summed E-state index contributed by atoms with van der Waals surface area (Å²) in [7, 11) is 0. The van der Waals surface area contributed by atoms with E-state index in [1.165, 1.54) is 0 Å². The number of benzene rings is 1. The predicted molar refractivity (Wildman–Crippen MR) is 131 cm³/mol. The first-order chi connectivity index (χ1) is 16.1. The van der Waals surface area contributed by atoms with Gasteiger partial charge in [0, 0.05) is 37.9 Å². The average molecular weight is 444 g/mol. The smallest absolute Gasteiger partial charge is 0.228 e. The van der Waals surface area contributed by atoms with Gasteiger partial charge in [0.2, 0.25) is 11.8 Å². The maximum atomic E-state index is 13.5. The van der Waals surface area contributed by atoms with Gasteiger partial charge in [0.25, 0.3) is 0 Å². The molecule has 1 saturated heterocycles. The molecule has 1 aliphatic heterocycles. The lowest BCUT2D eigenvalue weighted by molar-refractivity contribution is -0.144. The van der Waals surface area contributed by atoms with Gasteiger partial charge in [-0.05, 0) is 67.3 Å². The summed E-state index contributed by atoms with van der Waals surface area (Å²) in [5, 5.41) is 3.03. The highest BCUT2D eigenvalue weighted by Crippen LogP contribution is 2.36. The minimum Gasteiger partial charge on any atom is -0.352 e. The molecule has 0 spiro atoms. The molecule has 172 valence electrons. The molecule has 2 aliphatic rings. The molecule has 5 nitrogen and oxygen atoms in total. The lowest BCUT2D eigenvalue weighted by Crippen LogP contribution is -2.55. The number of allylic oxidation sites excluding steroid dienone is 2. The zero-order valence-electron chi connectivity index (χ0n) is 19.2. The van der Waals surface area contributed by atoms with Crippen LogP contribution in [0.4, 0.5) is 0 Å². The van der Waals surface area contributed by atoms with E-state index in [2.05, 4.69) is 47.2 Å². The van der Waals surface area contributed by atoms with Crippen molar-refractivity contribution in [3.63, 3.8) is 0 Å². The van der Waals surface area contributed by atoms with E-state index in [0.29, 0.717) is 19.5 Å². The highest BCUT2D eigenvalue weighted by molar-refractivity contribution is 5.86. The Kier molecular flexibility index (Phi) is 7.38. The fourth-order valence-corrected chi connectivity index (χ4v) is 5.15. The van der Waals surface area contributed by atoms with E-state index in [-0.39, 0.29) is 17.7 Å². The number of carbonyl (C=O) groups excluding carboxylic acids is 2. The molecule has 0 bridgehead atoms. The van der Waals surface area contributed by atoms with Crippen molar-refractivity contribution in [2.45, 2.75) is 38.5 Å². The lowest BCUT2D eigenvalue weighted by atomic mass is 9.73. The van der Waals surface area contributed by atoms with Gasteiger partial charge in [0.05, 0.1) is 5.41 Å². The molecule has 0 radical (unpaired) electrons. The van der Waals surface area contributed by atoms with E-state index in [9.17, 15) is 9.59 Å². The molecule has 1 aromatic carbocycles. The van der Waals surface area contributed by atoms with E-state index >= 15 is 0 Å². The van der Waals surface area contributed by atoms with Gasteiger partial charge in [-0.3, -0.25) is 14.6 Å². The van der Waals surface area contributed by atoms with Gasteiger partial charge in [-0.2, -0.15) is 0 Å². The number of likely N-dealkylation sites (tertiary alicyclic amines) is 1. The summed E-state index contributed by atoms with van der Waals surface area (Å²) in [6, 6.07) is 12.3. The van der Waals surface area contributed by atoms with Crippen molar-refractivity contribution in [1.82, 2.24) is 15.2 Å². The van der Waals surface area contributed by atoms with Crippen LogP contribution in [-0.4, -0.2) is 41.3 Å². The fraction of sp³-hybridized carbons (Fsp3) is 0.393. The molecule has 2 heterocycles. The number of nitrogens with zero attached hydrogens (tertiary/aromatic N) is 2. The number of pyridine rings is 1. The van der Waals surface area contributed by atoms with Crippen LogP contribution in [0.25, 0.3) is 11.1 Å². The molecule has 5 heteroatoms. The number of carbonyl (C=O) groups is 2. The average Bonchev–Trinajstić information content (AvgIpc) is 2.88. The number of hydrogen-bond acceptors (Lipinski definition) is 3. The van der Waals surface area contributed by atoms with Crippen molar-refractivity contribution in [3.05, 3.63) is 79.2 Å². The Bertz CT molecular complexity index is 1020. The minimum absolute atomic E-state index is 0.0118. The molecule has 1 N–H and O–H groups in total. The lowest BCUT2D eigenvalue weighted by Gasteiger charge is -2.43. The fourth-order valence-electron chi connectivity index (χ4n) is 5.15. The molecule has 2 amide bonds. The largest absolute Gasteiger partial charge is 0.352 e. The molecule has 1 fully saturated rings. The molecule has 0 saturated carbocycles. The Hall–Kier alpha value is -3.21. The van der Waals surface area contributed by atoms with Crippen molar-refractivity contribution >= 4 is 11.8 Å². The molecule has 4 rings (SSSR count). The Morgan fingerprint density at radius 3 is 2.79 bits per heavy atom. The summed E-state index contributed by atoms with van der Waals surface area (Å²) in [6.45, 7) is 5.37. The Balaban J connectivity index is 1.59. The van der Waals surface area contributed by atoms with E-state index in [1.54, 1.807) is 18.5 Å². The molecule has 1 aliphatic carbocycles. The van der Waals surface area contributed by atoms with Crippen LogP contribution in [0.15, 0.2) is 73.6 Å². The van der Waals surface area contributed by atoms with Crippen molar-refractivity contribution in [2.24, 2.45) is 11.3 Å². The summed E-state index contributed by atoms with van der Waals surface area (Å²) in [4.78, 5) is 32.8. The number of amides is 2. The predicted octanol–water partition coefficient (Wildman–Crippen LogP) is 4.56. The summed E-state index contributed by atoms with van der Waals surface area (Å²) in [5.41, 5.74) is 2.67. The Morgan fingerprint density at radius 2 is 2.03 bits per heavy atom. The van der Waals surface area contributed by atoms with Crippen LogP contribution in [0, 0.1) is 11.3 Å². The first-order valence-electron chi connectivity index (χ1n) is 11.9. The molecule has 2 aromatic rings. The third-order valence-electron chi connectivity index (χ3n) is 6.88. The van der Waals surface area contributed by atoms with Crippen LogP contribution in [0.5, 0.6) is 0 Å². The van der Waals surface area contributed by atoms with Gasteiger partial charge in [-0.25, -0.2) is 0 Å². The summed E-state index contributed by atoms with van der Waals surface area (Å²) < 4.78 is 0. The third-order valence-corrected chi connectivity index (χ3v) is 6.88. The zero-order chi connectivity index (χ0) is 23.1. The van der Waals surface area contributed by atoms with Crippen molar-refractivity contribution in [3.8, 4) is 11.1 Å². The normalized spacial score (nSPS) is 22.5. The first kappa shape index (κ1) is 23.0. The second kappa shape index (κ2) is 10.6. The van der Waals surface area contributed by atoms with E-state index in [0.717, 1.165) is 55.3 Å². The number of piperidine rings is 1. The van der Waals surface area contributed by atoms with Crippen molar-refractivity contribution in [1.29, 1.82) is 0 Å². The van der Waals surface area contributed by atoms with Crippen LogP contribution >= 0.6 is 0 Å². The standard InChI is InChI=1S/C28H33N3O2/c1-2-15-30-27(33)28(14-7-18-31(21-28)26(32)24-9-4-3-5-10-24)20-22-8-6-11-25(19-22)23-12-16-29-17-13-23/h2-4,6,8,11-13,16-17,19,24H,1,5,7,9-10,14-15,18,20-21H2,(H,30,33)/t24-,28+/m1/s1. The first-order valence-corrected chi connectivity index (χ1v) is 11.9. The molecular weight excluding hydrogens is 410 g/mol. The van der Waals surface area contributed by atoms with Crippen LogP contribution < -0.4 is 5.32 Å². The van der Waals surface area contributed by atoms with E-state index < -0.39 is 5.41 Å². The highest BCUT2D eigenvalue weighted by atomic mass is 16.2. The highest BCUT2D eigenvalue weighted by Gasteiger charge is 2.44. The topological polar surface area (TPSA) is 62.3 Å². The zero-order valence-corrected chi connectivity index (χ0v) is 19.2. The molecule has 2 atom stereocenters. The third kappa shape index (κ3) is 5.41. The maximum absolute atomic E-state index is 13.5. The number of aromatic nitrogens is 1. The van der Waals surface area contributed by atoms with Gasteiger partial charge in [0.15, 0.2) is 0 Å². The molecule has 33 heavy (non-hydrogen) atoms.